The van der Waals surface area contributed by atoms with Gasteiger partial charge in [0.1, 0.15) is 9.71 Å². The second kappa shape index (κ2) is 5.99. The maximum Gasteiger partial charge on any atom is 0.266 e. The number of nitrogens with zero attached hydrogens (tertiary/aromatic N) is 3. The lowest BCUT2D eigenvalue weighted by Crippen LogP contribution is -2.48. The molecule has 3 heterocycles. The van der Waals surface area contributed by atoms with Crippen LogP contribution in [-0.4, -0.2) is 53.4 Å². The number of fused-ring (bicyclic) bond motifs is 1. The van der Waals surface area contributed by atoms with Crippen molar-refractivity contribution in [3.8, 4) is 0 Å². The van der Waals surface area contributed by atoms with Gasteiger partial charge in [-0.25, -0.2) is 4.98 Å². The summed E-state index contributed by atoms with van der Waals surface area (Å²) in [6.45, 7) is 6.74. The third-order valence-corrected chi connectivity index (χ3v) is 5.02. The van der Waals surface area contributed by atoms with Crippen molar-refractivity contribution in [2.75, 3.05) is 38.5 Å². The molecule has 1 aliphatic rings. The van der Waals surface area contributed by atoms with Gasteiger partial charge in [0.2, 0.25) is 0 Å². The second-order valence-electron chi connectivity index (χ2n) is 5.33. The molecule has 1 aliphatic heterocycles. The molecule has 2 aromatic heterocycles. The lowest BCUT2D eigenvalue weighted by atomic mass is 10.2. The molecule has 0 saturated carbocycles. The van der Waals surface area contributed by atoms with Crippen molar-refractivity contribution in [3.63, 3.8) is 0 Å². The van der Waals surface area contributed by atoms with Crippen molar-refractivity contribution in [2.45, 2.75) is 13.3 Å². The van der Waals surface area contributed by atoms with E-state index in [0.29, 0.717) is 10.6 Å². The lowest BCUT2D eigenvalue weighted by Gasteiger charge is -2.34. The van der Waals surface area contributed by atoms with E-state index in [1.54, 1.807) is 6.20 Å². The Hall–Kier alpha value is -1.66. The quantitative estimate of drug-likeness (QED) is 0.942. The van der Waals surface area contributed by atoms with Crippen LogP contribution in [0.4, 0.5) is 5.69 Å². The number of nitrogens with two attached hydrogens (primary N) is 1. The van der Waals surface area contributed by atoms with Gasteiger partial charge in [0, 0.05) is 37.8 Å². The van der Waals surface area contributed by atoms with Crippen molar-refractivity contribution in [1.29, 1.82) is 0 Å². The van der Waals surface area contributed by atoms with E-state index in [-0.39, 0.29) is 5.91 Å². The number of anilines is 1. The molecule has 5 nitrogen and oxygen atoms in total. The molecule has 0 unspecified atom stereocenters. The summed E-state index contributed by atoms with van der Waals surface area (Å²) in [7, 11) is 0. The van der Waals surface area contributed by atoms with Gasteiger partial charge in [0.25, 0.3) is 5.91 Å². The highest BCUT2D eigenvalue weighted by atomic mass is 32.1. The molecule has 112 valence electrons. The first-order valence-corrected chi connectivity index (χ1v) is 8.17. The molecule has 0 bridgehead atoms. The second-order valence-corrected chi connectivity index (χ2v) is 6.33. The number of hydrogen-bond donors (Lipinski definition) is 1. The molecule has 0 spiro atoms. The van der Waals surface area contributed by atoms with Crippen molar-refractivity contribution < 1.29 is 4.79 Å². The Kier molecular flexibility index (Phi) is 4.07. The highest BCUT2D eigenvalue weighted by Crippen LogP contribution is 2.32. The first-order chi connectivity index (χ1) is 10.2. The number of nitrogen functional groups attached to an aromatic ring is 1. The SMILES string of the molecule is CCCN1CCN(C(=O)c2sc3ncccc3c2N)CC1. The number of thiophene rings is 1. The van der Waals surface area contributed by atoms with Crippen LogP contribution >= 0.6 is 11.3 Å². The third-order valence-electron chi connectivity index (χ3n) is 3.90. The van der Waals surface area contributed by atoms with Gasteiger partial charge in [0.05, 0.1) is 5.69 Å². The van der Waals surface area contributed by atoms with Crippen LogP contribution in [0.25, 0.3) is 10.2 Å². The summed E-state index contributed by atoms with van der Waals surface area (Å²) in [5.74, 6) is 0.0478. The predicted octanol–water partition coefficient (Wildman–Crippen LogP) is 2.05. The van der Waals surface area contributed by atoms with Gasteiger partial charge in [-0.2, -0.15) is 0 Å². The maximum absolute atomic E-state index is 12.7. The molecular formula is C15H20N4OS. The van der Waals surface area contributed by atoms with Crippen LogP contribution in [0.15, 0.2) is 18.3 Å². The van der Waals surface area contributed by atoms with Gasteiger partial charge in [-0.15, -0.1) is 11.3 Å². The molecule has 1 fully saturated rings. The zero-order valence-electron chi connectivity index (χ0n) is 12.2. The van der Waals surface area contributed by atoms with Gasteiger partial charge in [0.15, 0.2) is 0 Å². The van der Waals surface area contributed by atoms with E-state index in [1.165, 1.54) is 11.3 Å². The Morgan fingerprint density at radius 1 is 1.38 bits per heavy atom. The fourth-order valence-corrected chi connectivity index (χ4v) is 3.78. The number of carbonyl (C=O) groups excluding carboxylic acids is 1. The van der Waals surface area contributed by atoms with E-state index in [0.717, 1.165) is 49.4 Å². The normalized spacial score (nSPS) is 16.5. The smallest absolute Gasteiger partial charge is 0.266 e. The van der Waals surface area contributed by atoms with Crippen LogP contribution in [0.5, 0.6) is 0 Å². The van der Waals surface area contributed by atoms with Gasteiger partial charge < -0.3 is 10.6 Å². The van der Waals surface area contributed by atoms with Crippen LogP contribution in [0.1, 0.15) is 23.0 Å². The predicted molar refractivity (Wildman–Crippen MR) is 86.7 cm³/mol. The monoisotopic (exact) mass is 304 g/mol. The number of carbonyl (C=O) groups is 1. The van der Waals surface area contributed by atoms with Crippen LogP contribution < -0.4 is 5.73 Å². The largest absolute Gasteiger partial charge is 0.397 e. The molecule has 21 heavy (non-hydrogen) atoms. The number of rotatable bonds is 3. The summed E-state index contributed by atoms with van der Waals surface area (Å²) >= 11 is 1.40. The van der Waals surface area contributed by atoms with E-state index in [4.69, 9.17) is 5.73 Å². The third kappa shape index (κ3) is 2.73. The zero-order valence-corrected chi connectivity index (χ0v) is 13.0. The van der Waals surface area contributed by atoms with Crippen LogP contribution in [0, 0.1) is 0 Å². The molecule has 0 radical (unpaired) electrons. The molecule has 0 aromatic carbocycles. The van der Waals surface area contributed by atoms with E-state index in [1.807, 2.05) is 17.0 Å². The number of amides is 1. The van der Waals surface area contributed by atoms with Gasteiger partial charge in [-0.3, -0.25) is 9.69 Å². The Morgan fingerprint density at radius 3 is 2.81 bits per heavy atom. The van der Waals surface area contributed by atoms with Gasteiger partial charge in [-0.1, -0.05) is 6.92 Å². The zero-order chi connectivity index (χ0) is 14.8. The molecular weight excluding hydrogens is 284 g/mol. The Balaban J connectivity index is 1.77. The van der Waals surface area contributed by atoms with Crippen LogP contribution in [0.2, 0.25) is 0 Å². The maximum atomic E-state index is 12.7. The van der Waals surface area contributed by atoms with E-state index >= 15 is 0 Å². The Bertz CT molecular complexity index is 646. The molecule has 0 aliphatic carbocycles. The summed E-state index contributed by atoms with van der Waals surface area (Å²) in [6.07, 6.45) is 2.89. The number of hydrogen-bond acceptors (Lipinski definition) is 5. The highest BCUT2D eigenvalue weighted by molar-refractivity contribution is 7.21. The van der Waals surface area contributed by atoms with E-state index in [9.17, 15) is 4.79 Å². The van der Waals surface area contributed by atoms with E-state index < -0.39 is 0 Å². The molecule has 1 amide bonds. The summed E-state index contributed by atoms with van der Waals surface area (Å²) in [6, 6.07) is 3.77. The minimum atomic E-state index is 0.0478. The molecule has 0 atom stereocenters. The molecule has 6 heteroatoms. The van der Waals surface area contributed by atoms with Crippen molar-refractivity contribution in [2.24, 2.45) is 0 Å². The van der Waals surface area contributed by atoms with Gasteiger partial charge >= 0.3 is 0 Å². The minimum Gasteiger partial charge on any atom is -0.397 e. The lowest BCUT2D eigenvalue weighted by molar-refractivity contribution is 0.0643. The molecule has 1 saturated heterocycles. The molecule has 2 aromatic rings. The number of pyridine rings is 1. The topological polar surface area (TPSA) is 62.5 Å². The summed E-state index contributed by atoms with van der Waals surface area (Å²) in [5, 5.41) is 0.885. The van der Waals surface area contributed by atoms with Crippen molar-refractivity contribution >= 4 is 33.1 Å². The summed E-state index contributed by atoms with van der Waals surface area (Å²) < 4.78 is 0. The fraction of sp³-hybridized carbons (Fsp3) is 0.467. The standard InChI is InChI=1S/C15H20N4OS/c1-2-6-18-7-9-19(10-8-18)15(20)13-12(16)11-4-3-5-17-14(11)21-13/h3-5H,2,6-10,16H2,1H3. The Labute approximate surface area is 128 Å². The number of piperazine rings is 1. The van der Waals surface area contributed by atoms with Crippen LogP contribution in [-0.2, 0) is 0 Å². The summed E-state index contributed by atoms with van der Waals surface area (Å²) in [4.78, 5) is 22.7. The Morgan fingerprint density at radius 2 is 2.14 bits per heavy atom. The minimum absolute atomic E-state index is 0.0478. The first-order valence-electron chi connectivity index (χ1n) is 7.35. The van der Waals surface area contributed by atoms with Crippen molar-refractivity contribution in [3.05, 3.63) is 23.2 Å². The van der Waals surface area contributed by atoms with E-state index in [2.05, 4.69) is 16.8 Å². The van der Waals surface area contributed by atoms with Gasteiger partial charge in [-0.05, 0) is 25.1 Å². The fourth-order valence-electron chi connectivity index (χ4n) is 2.74. The molecule has 3 rings (SSSR count). The number of aromatic nitrogens is 1. The highest BCUT2D eigenvalue weighted by Gasteiger charge is 2.25. The average molecular weight is 304 g/mol. The first kappa shape index (κ1) is 14.3. The van der Waals surface area contributed by atoms with Crippen LogP contribution in [0.3, 0.4) is 0 Å². The average Bonchev–Trinajstić information content (AvgIpc) is 2.85. The summed E-state index contributed by atoms with van der Waals surface area (Å²) in [5.41, 5.74) is 6.71. The molecule has 2 N–H and O–H groups in total. The van der Waals surface area contributed by atoms with Crippen molar-refractivity contribution in [1.82, 2.24) is 14.8 Å².